The molecule has 1 aromatic heterocycles. The Balaban J connectivity index is 2.60. The van der Waals surface area contributed by atoms with Crippen LogP contribution in [0.3, 0.4) is 0 Å². The zero-order chi connectivity index (χ0) is 11.5. The van der Waals surface area contributed by atoms with Gasteiger partial charge in [0.2, 0.25) is 0 Å². The molecule has 1 N–H and O–H groups in total. The van der Waals surface area contributed by atoms with Crippen molar-refractivity contribution >= 4 is 5.82 Å². The van der Waals surface area contributed by atoms with Gasteiger partial charge >= 0.3 is 5.82 Å². The number of nitrogens with one attached hydrogen (secondary N) is 1. The Bertz CT molecular complexity index is 568. The molecule has 0 radical (unpaired) electrons. The number of aromatic amines is 1. The van der Waals surface area contributed by atoms with Gasteiger partial charge in [0.05, 0.1) is 0 Å². The highest BCUT2D eigenvalue weighted by Gasteiger charge is 2.22. The summed E-state index contributed by atoms with van der Waals surface area (Å²) in [5.41, 5.74) is 0.925. The quantitative estimate of drug-likeness (QED) is 0.609. The zero-order valence-electron chi connectivity index (χ0n) is 8.04. The molecule has 0 unspecified atom stereocenters. The summed E-state index contributed by atoms with van der Waals surface area (Å²) in [5.74, 6) is -0.374. The Kier molecular flexibility index (Phi) is 2.36. The van der Waals surface area contributed by atoms with Crippen molar-refractivity contribution in [1.29, 1.82) is 5.26 Å². The van der Waals surface area contributed by atoms with Crippen molar-refractivity contribution in [2.75, 3.05) is 0 Å². The van der Waals surface area contributed by atoms with Crippen molar-refractivity contribution in [3.8, 4) is 17.3 Å². The second kappa shape index (κ2) is 3.82. The van der Waals surface area contributed by atoms with Gasteiger partial charge in [-0.1, -0.05) is 35.4 Å². The molecule has 0 atom stereocenters. The second-order valence-corrected chi connectivity index (χ2v) is 3.03. The van der Waals surface area contributed by atoms with Crippen LogP contribution in [0.1, 0.15) is 5.56 Å². The lowest BCUT2D eigenvalue weighted by atomic mass is 10.1. The summed E-state index contributed by atoms with van der Waals surface area (Å²) in [4.78, 5) is 9.95. The van der Waals surface area contributed by atoms with E-state index in [1.165, 1.54) is 0 Å². The lowest BCUT2D eigenvalue weighted by Gasteiger charge is -1.94. The molecule has 0 saturated heterocycles. The average Bonchev–Trinajstić information content (AvgIpc) is 2.73. The third kappa shape index (κ3) is 1.50. The van der Waals surface area contributed by atoms with Crippen molar-refractivity contribution in [1.82, 2.24) is 10.2 Å². The number of rotatable bonds is 2. The minimum absolute atomic E-state index is 0.0452. The molecule has 1 aromatic carbocycles. The van der Waals surface area contributed by atoms with Crippen LogP contribution in [0.15, 0.2) is 30.3 Å². The van der Waals surface area contributed by atoms with Gasteiger partial charge in [0.15, 0.2) is 5.56 Å². The predicted octanol–water partition coefficient (Wildman–Crippen LogP) is 1.86. The largest absolute Gasteiger partial charge is 0.361 e. The van der Waals surface area contributed by atoms with Crippen molar-refractivity contribution in [3.05, 3.63) is 46.0 Å². The van der Waals surface area contributed by atoms with Gasteiger partial charge in [-0.3, -0.25) is 0 Å². The molecule has 0 bridgehead atoms. The van der Waals surface area contributed by atoms with E-state index in [1.807, 2.05) is 6.07 Å². The van der Waals surface area contributed by atoms with Crippen LogP contribution >= 0.6 is 0 Å². The van der Waals surface area contributed by atoms with E-state index in [0.717, 1.165) is 0 Å². The zero-order valence-corrected chi connectivity index (χ0v) is 8.04. The summed E-state index contributed by atoms with van der Waals surface area (Å²) in [6, 6.07) is 10.6. The lowest BCUT2D eigenvalue weighted by Crippen LogP contribution is -1.90. The highest BCUT2D eigenvalue weighted by Crippen LogP contribution is 2.26. The number of benzene rings is 1. The highest BCUT2D eigenvalue weighted by atomic mass is 16.6. The molecular formula is C10H6N4O2. The van der Waals surface area contributed by atoms with E-state index >= 15 is 0 Å². The Morgan fingerprint density at radius 1 is 1.38 bits per heavy atom. The van der Waals surface area contributed by atoms with E-state index in [2.05, 4.69) is 10.2 Å². The van der Waals surface area contributed by atoms with Crippen LogP contribution in [0.5, 0.6) is 0 Å². The van der Waals surface area contributed by atoms with Gasteiger partial charge in [-0.2, -0.15) is 5.26 Å². The molecular weight excluding hydrogens is 208 g/mol. The highest BCUT2D eigenvalue weighted by molar-refractivity contribution is 5.70. The van der Waals surface area contributed by atoms with E-state index < -0.39 is 4.92 Å². The molecule has 0 amide bonds. The first-order valence-corrected chi connectivity index (χ1v) is 4.42. The Morgan fingerprint density at radius 3 is 2.62 bits per heavy atom. The summed E-state index contributed by atoms with van der Waals surface area (Å²) in [6.07, 6.45) is 0. The molecule has 78 valence electrons. The molecule has 16 heavy (non-hydrogen) atoms. The Morgan fingerprint density at radius 2 is 2.06 bits per heavy atom. The Hall–Kier alpha value is -2.68. The number of hydrogen-bond acceptors (Lipinski definition) is 4. The fraction of sp³-hybridized carbons (Fsp3) is 0. The number of aromatic nitrogens is 2. The van der Waals surface area contributed by atoms with Crippen molar-refractivity contribution in [2.45, 2.75) is 0 Å². The van der Waals surface area contributed by atoms with Crippen LogP contribution in [-0.4, -0.2) is 15.1 Å². The van der Waals surface area contributed by atoms with Gasteiger partial charge in [0, 0.05) is 5.56 Å². The van der Waals surface area contributed by atoms with E-state index in [1.54, 1.807) is 30.3 Å². The maximum absolute atomic E-state index is 10.6. The predicted molar refractivity (Wildman–Crippen MR) is 55.4 cm³/mol. The molecule has 0 aliphatic rings. The first-order chi connectivity index (χ1) is 7.74. The van der Waals surface area contributed by atoms with E-state index in [-0.39, 0.29) is 11.4 Å². The fourth-order valence-electron chi connectivity index (χ4n) is 1.38. The van der Waals surface area contributed by atoms with Gasteiger partial charge < -0.3 is 10.1 Å². The van der Waals surface area contributed by atoms with Gasteiger partial charge in [0.1, 0.15) is 11.8 Å². The van der Waals surface area contributed by atoms with E-state index in [9.17, 15) is 10.1 Å². The first-order valence-electron chi connectivity index (χ1n) is 4.42. The van der Waals surface area contributed by atoms with Gasteiger partial charge in [-0.25, -0.2) is 0 Å². The third-order valence-electron chi connectivity index (χ3n) is 2.09. The smallest absolute Gasteiger partial charge is 0.358 e. The average molecular weight is 214 g/mol. The van der Waals surface area contributed by atoms with Crippen LogP contribution in [0.2, 0.25) is 0 Å². The number of nitro groups is 1. The molecule has 6 nitrogen and oxygen atoms in total. The molecule has 0 spiro atoms. The standard InChI is InChI=1S/C10H6N4O2/c11-6-8-9(7-4-2-1-3-5-7)12-13-10(8)14(15)16/h1-5H,(H,12,13). The number of nitriles is 1. The van der Waals surface area contributed by atoms with Gasteiger partial charge in [-0.15, -0.1) is 5.10 Å². The SMILES string of the molecule is N#Cc1c(-c2ccccc2)n[nH]c1[N+](=O)[O-]. The molecule has 0 aliphatic carbocycles. The van der Waals surface area contributed by atoms with Crippen LogP contribution in [-0.2, 0) is 0 Å². The van der Waals surface area contributed by atoms with Crippen molar-refractivity contribution in [3.63, 3.8) is 0 Å². The molecule has 2 aromatic rings. The molecule has 0 aliphatic heterocycles. The molecule has 0 fully saturated rings. The summed E-state index contributed by atoms with van der Waals surface area (Å²) < 4.78 is 0. The summed E-state index contributed by atoms with van der Waals surface area (Å²) in [7, 11) is 0. The number of H-pyrrole nitrogens is 1. The topological polar surface area (TPSA) is 95.6 Å². The maximum atomic E-state index is 10.6. The van der Waals surface area contributed by atoms with Gasteiger partial charge in [0.25, 0.3) is 0 Å². The molecule has 1 heterocycles. The molecule has 0 saturated carbocycles. The van der Waals surface area contributed by atoms with Crippen molar-refractivity contribution in [2.24, 2.45) is 0 Å². The van der Waals surface area contributed by atoms with Crippen LogP contribution in [0, 0.1) is 21.4 Å². The minimum Gasteiger partial charge on any atom is -0.358 e. The third-order valence-corrected chi connectivity index (χ3v) is 2.09. The monoisotopic (exact) mass is 214 g/mol. The lowest BCUT2D eigenvalue weighted by molar-refractivity contribution is -0.389. The normalized spacial score (nSPS) is 9.69. The van der Waals surface area contributed by atoms with Crippen molar-refractivity contribution < 1.29 is 4.92 Å². The summed E-state index contributed by atoms with van der Waals surface area (Å²) >= 11 is 0. The number of nitrogens with zero attached hydrogens (tertiary/aromatic N) is 3. The Labute approximate surface area is 90.3 Å². The van der Waals surface area contributed by atoms with Crippen LogP contribution in [0.25, 0.3) is 11.3 Å². The molecule has 6 heteroatoms. The first kappa shape index (κ1) is 9.86. The van der Waals surface area contributed by atoms with Gasteiger partial charge in [-0.05, 0) is 4.92 Å². The van der Waals surface area contributed by atoms with Crippen LogP contribution in [0.4, 0.5) is 5.82 Å². The maximum Gasteiger partial charge on any atom is 0.361 e. The van der Waals surface area contributed by atoms with E-state index in [0.29, 0.717) is 11.3 Å². The fourth-order valence-corrected chi connectivity index (χ4v) is 1.38. The summed E-state index contributed by atoms with van der Waals surface area (Å²) in [6.45, 7) is 0. The van der Waals surface area contributed by atoms with E-state index in [4.69, 9.17) is 5.26 Å². The van der Waals surface area contributed by atoms with Crippen LogP contribution < -0.4 is 0 Å². The second-order valence-electron chi connectivity index (χ2n) is 3.03. The number of hydrogen-bond donors (Lipinski definition) is 1. The minimum atomic E-state index is -0.655. The summed E-state index contributed by atoms with van der Waals surface area (Å²) in [5, 5.41) is 25.5. The molecule has 2 rings (SSSR count).